The van der Waals surface area contributed by atoms with Crippen LogP contribution >= 0.6 is 34.0 Å². The monoisotopic (exact) mass is 672 g/mol. The van der Waals surface area contributed by atoms with Crippen LogP contribution in [0.3, 0.4) is 0 Å². The van der Waals surface area contributed by atoms with Gasteiger partial charge in [0.05, 0.1) is 40.0 Å². The molecule has 5 aromatic carbocycles. The summed E-state index contributed by atoms with van der Waals surface area (Å²) in [6.07, 6.45) is 0. The summed E-state index contributed by atoms with van der Waals surface area (Å²) in [5, 5.41) is 5.08. The maximum absolute atomic E-state index is 6.91. The van der Waals surface area contributed by atoms with Crippen molar-refractivity contribution in [1.82, 2.24) is 9.13 Å². The van der Waals surface area contributed by atoms with Crippen LogP contribution in [0, 0.1) is 27.7 Å². The lowest BCUT2D eigenvalue weighted by Crippen LogP contribution is -1.93. The number of hydrogen-bond donors (Lipinski definition) is 0. The molecule has 0 saturated heterocycles. The standard InChI is InChI=1S/C42H28N2OS3/c1-21-5-11-25(12-6-21)43-31-17-23(3)9-15-27(31)38-35(43)37-40(47-38)29-20-34-30(19-33(29)45-37)41-42(46-34)36-39(48-41)28-16-10-24(4)18-32(28)44(36)26-13-7-22(2)8-14-26/h5-20H,1-4H3. The van der Waals surface area contributed by atoms with Gasteiger partial charge in [-0.1, -0.05) is 59.7 Å². The molecule has 6 heterocycles. The van der Waals surface area contributed by atoms with Crippen LogP contribution in [-0.2, 0) is 0 Å². The molecule has 0 aliphatic heterocycles. The molecule has 48 heavy (non-hydrogen) atoms. The van der Waals surface area contributed by atoms with Gasteiger partial charge in [-0.15, -0.1) is 34.0 Å². The van der Waals surface area contributed by atoms with Crippen LogP contribution in [0.15, 0.2) is 101 Å². The fourth-order valence-electron chi connectivity index (χ4n) is 7.64. The van der Waals surface area contributed by atoms with E-state index in [4.69, 9.17) is 4.42 Å². The number of rotatable bonds is 2. The molecule has 0 spiro atoms. The van der Waals surface area contributed by atoms with Gasteiger partial charge in [-0.25, -0.2) is 0 Å². The number of hydrogen-bond acceptors (Lipinski definition) is 4. The van der Waals surface area contributed by atoms with Crippen molar-refractivity contribution in [1.29, 1.82) is 0 Å². The largest absolute Gasteiger partial charge is 0.453 e. The van der Waals surface area contributed by atoms with E-state index in [1.54, 1.807) is 0 Å². The molecule has 6 heteroatoms. The van der Waals surface area contributed by atoms with Gasteiger partial charge in [0.2, 0.25) is 0 Å². The molecule has 230 valence electrons. The highest BCUT2D eigenvalue weighted by molar-refractivity contribution is 7.37. The Morgan fingerprint density at radius 3 is 1.60 bits per heavy atom. The zero-order chi connectivity index (χ0) is 32.0. The number of nitrogens with zero attached hydrogens (tertiary/aromatic N) is 2. The molecule has 11 rings (SSSR count). The number of aromatic nitrogens is 2. The SMILES string of the molecule is Cc1ccc(-n2c3cc(C)ccc3c3sc4c5cc6sc7c(sc8c9ccc(C)cc9n(-c9ccc(C)cc9)c87)c6cc5oc4c32)cc1. The Balaban J connectivity index is 1.21. The van der Waals surface area contributed by atoms with Crippen LogP contribution in [0.1, 0.15) is 22.3 Å². The van der Waals surface area contributed by atoms with E-state index in [9.17, 15) is 0 Å². The summed E-state index contributed by atoms with van der Waals surface area (Å²) in [5.74, 6) is 0. The van der Waals surface area contributed by atoms with Gasteiger partial charge in [-0.05, 0) is 87.4 Å². The first-order chi connectivity index (χ1) is 23.4. The summed E-state index contributed by atoms with van der Waals surface area (Å²) in [6.45, 7) is 8.65. The van der Waals surface area contributed by atoms with E-state index in [1.807, 2.05) is 34.0 Å². The van der Waals surface area contributed by atoms with Crippen LogP contribution in [0.4, 0.5) is 0 Å². The van der Waals surface area contributed by atoms with Gasteiger partial charge in [0.15, 0.2) is 5.58 Å². The summed E-state index contributed by atoms with van der Waals surface area (Å²) >= 11 is 5.71. The molecule has 0 atom stereocenters. The van der Waals surface area contributed by atoms with E-state index >= 15 is 0 Å². The van der Waals surface area contributed by atoms with Gasteiger partial charge in [-0.2, -0.15) is 0 Å². The van der Waals surface area contributed by atoms with Crippen molar-refractivity contribution >= 4 is 117 Å². The number of aryl methyl sites for hydroxylation is 4. The first-order valence-electron chi connectivity index (χ1n) is 16.2. The molecule has 0 saturated carbocycles. The lowest BCUT2D eigenvalue weighted by molar-refractivity contribution is 0.672. The second-order valence-corrected chi connectivity index (χ2v) is 16.4. The molecule has 0 radical (unpaired) electrons. The van der Waals surface area contributed by atoms with E-state index in [2.05, 4.69) is 134 Å². The fraction of sp³-hybridized carbons (Fsp3) is 0.0952. The molecular formula is C42H28N2OS3. The normalized spacial score (nSPS) is 12.6. The van der Waals surface area contributed by atoms with Crippen molar-refractivity contribution in [3.63, 3.8) is 0 Å². The quantitative estimate of drug-likeness (QED) is 0.179. The maximum Gasteiger partial charge on any atom is 0.170 e. The summed E-state index contributed by atoms with van der Waals surface area (Å²) < 4.78 is 19.7. The summed E-state index contributed by atoms with van der Waals surface area (Å²) in [6, 6.07) is 36.2. The van der Waals surface area contributed by atoms with Gasteiger partial charge < -0.3 is 13.6 Å². The van der Waals surface area contributed by atoms with E-state index < -0.39 is 0 Å². The lowest BCUT2D eigenvalue weighted by Gasteiger charge is -2.08. The molecule has 0 aliphatic carbocycles. The van der Waals surface area contributed by atoms with Crippen molar-refractivity contribution in [2.75, 3.05) is 0 Å². The minimum atomic E-state index is 0.960. The molecular weight excluding hydrogens is 645 g/mol. The van der Waals surface area contributed by atoms with E-state index in [0.29, 0.717) is 0 Å². The highest BCUT2D eigenvalue weighted by Gasteiger charge is 2.25. The van der Waals surface area contributed by atoms with Gasteiger partial charge in [0, 0.05) is 37.6 Å². The van der Waals surface area contributed by atoms with Crippen LogP contribution in [0.2, 0.25) is 0 Å². The van der Waals surface area contributed by atoms with Crippen molar-refractivity contribution in [3.05, 3.63) is 119 Å². The Kier molecular flexibility index (Phi) is 5.30. The summed E-state index contributed by atoms with van der Waals surface area (Å²) in [4.78, 5) is 0. The minimum absolute atomic E-state index is 0.960. The Labute approximate surface area is 287 Å². The van der Waals surface area contributed by atoms with Gasteiger partial charge >= 0.3 is 0 Å². The highest BCUT2D eigenvalue weighted by Crippen LogP contribution is 2.52. The lowest BCUT2D eigenvalue weighted by atomic mass is 10.2. The molecule has 3 nitrogen and oxygen atoms in total. The minimum Gasteiger partial charge on any atom is -0.453 e. The summed E-state index contributed by atoms with van der Waals surface area (Å²) in [5.41, 5.74) is 14.4. The van der Waals surface area contributed by atoms with Crippen molar-refractivity contribution in [2.24, 2.45) is 0 Å². The molecule has 0 fully saturated rings. The van der Waals surface area contributed by atoms with Gasteiger partial charge in [0.1, 0.15) is 11.1 Å². The first kappa shape index (κ1) is 27.1. The Morgan fingerprint density at radius 1 is 0.438 bits per heavy atom. The Morgan fingerprint density at radius 2 is 0.979 bits per heavy atom. The third-order valence-electron chi connectivity index (χ3n) is 9.99. The fourth-order valence-corrected chi connectivity index (χ4v) is 11.7. The molecule has 6 aromatic heterocycles. The second-order valence-electron chi connectivity index (χ2n) is 13.3. The molecule has 0 unspecified atom stereocenters. The van der Waals surface area contributed by atoms with Gasteiger partial charge in [0.25, 0.3) is 0 Å². The van der Waals surface area contributed by atoms with E-state index in [-0.39, 0.29) is 0 Å². The molecule has 0 N–H and O–H groups in total. The average molecular weight is 673 g/mol. The smallest absolute Gasteiger partial charge is 0.170 e. The number of fused-ring (bicyclic) bond motifs is 14. The zero-order valence-corrected chi connectivity index (χ0v) is 29.2. The van der Waals surface area contributed by atoms with Crippen LogP contribution in [0.5, 0.6) is 0 Å². The second kappa shape index (κ2) is 9.38. The third kappa shape index (κ3) is 3.52. The first-order valence-corrected chi connectivity index (χ1v) is 18.7. The highest BCUT2D eigenvalue weighted by atomic mass is 32.1. The topological polar surface area (TPSA) is 23.0 Å². The van der Waals surface area contributed by atoms with Crippen LogP contribution in [-0.4, -0.2) is 9.13 Å². The maximum atomic E-state index is 6.91. The number of benzene rings is 5. The molecule has 0 bridgehead atoms. The van der Waals surface area contributed by atoms with Crippen LogP contribution < -0.4 is 0 Å². The number of furan rings is 1. The number of thiophene rings is 3. The van der Waals surface area contributed by atoms with Crippen LogP contribution in [0.25, 0.3) is 94.4 Å². The van der Waals surface area contributed by atoms with Crippen molar-refractivity contribution in [3.8, 4) is 11.4 Å². The molecule has 0 amide bonds. The molecule has 11 aromatic rings. The van der Waals surface area contributed by atoms with E-state index in [1.165, 1.54) is 99.8 Å². The average Bonchev–Trinajstić information content (AvgIpc) is 3.89. The Bertz CT molecular complexity index is 2920. The van der Waals surface area contributed by atoms with Crippen molar-refractivity contribution in [2.45, 2.75) is 27.7 Å². The zero-order valence-electron chi connectivity index (χ0n) is 26.8. The van der Waals surface area contributed by atoms with Crippen molar-refractivity contribution < 1.29 is 4.42 Å². The molecule has 0 aliphatic rings. The Hall–Kier alpha value is -4.88. The predicted molar refractivity (Wildman–Crippen MR) is 210 cm³/mol. The van der Waals surface area contributed by atoms with Gasteiger partial charge in [-0.3, -0.25) is 0 Å². The summed E-state index contributed by atoms with van der Waals surface area (Å²) in [7, 11) is 0. The third-order valence-corrected chi connectivity index (χ3v) is 13.7. The van der Waals surface area contributed by atoms with E-state index in [0.717, 1.165) is 16.9 Å². The predicted octanol–water partition coefficient (Wildman–Crippen LogP) is 13.5.